The predicted molar refractivity (Wildman–Crippen MR) is 69.5 cm³/mol. The van der Waals surface area contributed by atoms with E-state index in [9.17, 15) is 14.4 Å². The smallest absolute Gasteiger partial charge is 0.318 e. The standard InChI is InChI=1S/C13H13BrO4/c1-8(15)5-10-3-4-11(14)7-12(10)18-13(17)6-9(2)16/h3-4,7H,5-6H2,1-2H3. The van der Waals surface area contributed by atoms with Gasteiger partial charge in [-0.3, -0.25) is 14.4 Å². The van der Waals surface area contributed by atoms with E-state index in [4.69, 9.17) is 4.74 Å². The van der Waals surface area contributed by atoms with Gasteiger partial charge in [-0.1, -0.05) is 22.0 Å². The maximum absolute atomic E-state index is 11.4. The van der Waals surface area contributed by atoms with E-state index >= 15 is 0 Å². The van der Waals surface area contributed by atoms with Crippen molar-refractivity contribution in [3.63, 3.8) is 0 Å². The van der Waals surface area contributed by atoms with Gasteiger partial charge in [0.05, 0.1) is 0 Å². The fourth-order valence-electron chi connectivity index (χ4n) is 1.40. The molecule has 0 atom stereocenters. The average molecular weight is 313 g/mol. The number of carbonyl (C=O) groups excluding carboxylic acids is 3. The topological polar surface area (TPSA) is 60.4 Å². The van der Waals surface area contributed by atoms with Gasteiger partial charge < -0.3 is 4.74 Å². The van der Waals surface area contributed by atoms with E-state index in [0.29, 0.717) is 11.3 Å². The Labute approximate surface area is 113 Å². The van der Waals surface area contributed by atoms with Crippen LogP contribution in [0.5, 0.6) is 5.75 Å². The highest BCUT2D eigenvalue weighted by Crippen LogP contribution is 2.24. The highest BCUT2D eigenvalue weighted by Gasteiger charge is 2.13. The minimum absolute atomic E-state index is 0.0267. The van der Waals surface area contributed by atoms with Crippen molar-refractivity contribution in [2.75, 3.05) is 0 Å². The molecule has 1 rings (SSSR count). The van der Waals surface area contributed by atoms with Gasteiger partial charge in [-0.15, -0.1) is 0 Å². The minimum Gasteiger partial charge on any atom is -0.426 e. The fourth-order valence-corrected chi connectivity index (χ4v) is 1.74. The Morgan fingerprint density at radius 3 is 2.39 bits per heavy atom. The summed E-state index contributed by atoms with van der Waals surface area (Å²) in [6.07, 6.45) is -0.0814. The van der Waals surface area contributed by atoms with Crippen LogP contribution in [0.2, 0.25) is 0 Å². The van der Waals surface area contributed by atoms with E-state index in [0.717, 1.165) is 4.47 Å². The van der Waals surface area contributed by atoms with Crippen molar-refractivity contribution in [3.8, 4) is 5.75 Å². The zero-order valence-electron chi connectivity index (χ0n) is 10.2. The van der Waals surface area contributed by atoms with E-state index in [1.165, 1.54) is 13.8 Å². The Morgan fingerprint density at radius 2 is 1.83 bits per heavy atom. The Hall–Kier alpha value is -1.49. The van der Waals surface area contributed by atoms with E-state index < -0.39 is 5.97 Å². The quantitative estimate of drug-likeness (QED) is 0.476. The summed E-state index contributed by atoms with van der Waals surface area (Å²) in [6, 6.07) is 5.08. The van der Waals surface area contributed by atoms with Crippen LogP contribution in [0.3, 0.4) is 0 Å². The lowest BCUT2D eigenvalue weighted by atomic mass is 10.1. The molecule has 1 aromatic carbocycles. The first-order chi connectivity index (χ1) is 8.38. The van der Waals surface area contributed by atoms with Crippen LogP contribution in [0.25, 0.3) is 0 Å². The van der Waals surface area contributed by atoms with E-state index in [1.54, 1.807) is 18.2 Å². The molecule has 0 aliphatic carbocycles. The molecule has 0 unspecified atom stereocenters. The number of hydrogen-bond donors (Lipinski definition) is 0. The fraction of sp³-hybridized carbons (Fsp3) is 0.308. The summed E-state index contributed by atoms with van der Waals surface area (Å²) in [7, 11) is 0. The molecule has 0 heterocycles. The molecule has 0 aromatic heterocycles. The molecule has 1 aromatic rings. The van der Waals surface area contributed by atoms with Crippen molar-refractivity contribution in [1.82, 2.24) is 0 Å². The van der Waals surface area contributed by atoms with Crippen LogP contribution >= 0.6 is 15.9 Å². The second-order valence-electron chi connectivity index (χ2n) is 3.98. The average Bonchev–Trinajstić information content (AvgIpc) is 2.20. The number of carbonyl (C=O) groups is 3. The van der Waals surface area contributed by atoms with Gasteiger partial charge in [0.25, 0.3) is 0 Å². The van der Waals surface area contributed by atoms with E-state index in [-0.39, 0.29) is 24.4 Å². The first kappa shape index (κ1) is 14.6. The molecule has 0 aliphatic heterocycles. The molecule has 0 radical (unpaired) electrons. The molecule has 18 heavy (non-hydrogen) atoms. The highest BCUT2D eigenvalue weighted by atomic mass is 79.9. The largest absolute Gasteiger partial charge is 0.426 e. The summed E-state index contributed by atoms with van der Waals surface area (Å²) in [5.41, 5.74) is 0.627. The maximum Gasteiger partial charge on any atom is 0.318 e. The second-order valence-corrected chi connectivity index (χ2v) is 4.90. The zero-order chi connectivity index (χ0) is 13.7. The van der Waals surface area contributed by atoms with Crippen molar-refractivity contribution in [2.24, 2.45) is 0 Å². The Balaban J connectivity index is 2.91. The number of esters is 1. The first-order valence-corrected chi connectivity index (χ1v) is 6.15. The van der Waals surface area contributed by atoms with Gasteiger partial charge >= 0.3 is 5.97 Å². The summed E-state index contributed by atoms with van der Waals surface area (Å²) in [6.45, 7) is 2.78. The van der Waals surface area contributed by atoms with Crippen LogP contribution in [0.15, 0.2) is 22.7 Å². The molecule has 0 amide bonds. The van der Waals surface area contributed by atoms with Gasteiger partial charge in [0.15, 0.2) is 0 Å². The molecule has 4 nitrogen and oxygen atoms in total. The molecule has 5 heteroatoms. The lowest BCUT2D eigenvalue weighted by molar-refractivity contribution is -0.137. The highest BCUT2D eigenvalue weighted by molar-refractivity contribution is 9.10. The van der Waals surface area contributed by atoms with E-state index in [2.05, 4.69) is 15.9 Å². The number of benzene rings is 1. The van der Waals surface area contributed by atoms with Crippen molar-refractivity contribution < 1.29 is 19.1 Å². The maximum atomic E-state index is 11.4. The Bertz CT molecular complexity index is 494. The molecule has 0 fully saturated rings. The van der Waals surface area contributed by atoms with Gasteiger partial charge in [0.1, 0.15) is 23.7 Å². The van der Waals surface area contributed by atoms with Gasteiger partial charge in [0.2, 0.25) is 0 Å². The molecule has 0 saturated heterocycles. The molecule has 96 valence electrons. The predicted octanol–water partition coefficient (Wildman–Crippen LogP) is 2.47. The number of hydrogen-bond acceptors (Lipinski definition) is 4. The summed E-state index contributed by atoms with van der Waals surface area (Å²) in [5.74, 6) is -0.597. The number of ketones is 2. The summed E-state index contributed by atoms with van der Waals surface area (Å²) in [4.78, 5) is 33.3. The third-order valence-electron chi connectivity index (χ3n) is 2.09. The lowest BCUT2D eigenvalue weighted by Crippen LogP contribution is -2.13. The molecular weight excluding hydrogens is 300 g/mol. The van der Waals surface area contributed by atoms with Gasteiger partial charge in [0, 0.05) is 16.5 Å². The summed E-state index contributed by atoms with van der Waals surface area (Å²) >= 11 is 3.26. The first-order valence-electron chi connectivity index (χ1n) is 5.36. The van der Waals surface area contributed by atoms with Crippen LogP contribution in [-0.4, -0.2) is 17.5 Å². The normalized spacial score (nSPS) is 9.94. The van der Waals surface area contributed by atoms with Crippen LogP contribution in [-0.2, 0) is 20.8 Å². The number of Topliss-reactive ketones (excluding diaryl/α,β-unsaturated/α-hetero) is 2. The second kappa shape index (κ2) is 6.44. The molecule has 0 N–H and O–H groups in total. The van der Waals surface area contributed by atoms with Crippen molar-refractivity contribution in [1.29, 1.82) is 0 Å². The van der Waals surface area contributed by atoms with Crippen LogP contribution in [0, 0.1) is 0 Å². The van der Waals surface area contributed by atoms with E-state index in [1.807, 2.05) is 0 Å². The molecule has 0 saturated carbocycles. The monoisotopic (exact) mass is 312 g/mol. The minimum atomic E-state index is -0.620. The molecule has 0 spiro atoms. The molecule has 0 aliphatic rings. The van der Waals surface area contributed by atoms with Gasteiger partial charge in [-0.2, -0.15) is 0 Å². The summed E-state index contributed by atoms with van der Waals surface area (Å²) < 4.78 is 5.83. The van der Waals surface area contributed by atoms with Crippen molar-refractivity contribution in [2.45, 2.75) is 26.7 Å². The molecular formula is C13H13BrO4. The third kappa shape index (κ3) is 4.79. The Kier molecular flexibility index (Phi) is 5.22. The number of halogens is 1. The van der Waals surface area contributed by atoms with Gasteiger partial charge in [-0.25, -0.2) is 0 Å². The SMILES string of the molecule is CC(=O)CC(=O)Oc1cc(Br)ccc1CC(C)=O. The summed E-state index contributed by atoms with van der Waals surface area (Å²) in [5, 5.41) is 0. The third-order valence-corrected chi connectivity index (χ3v) is 2.58. The lowest BCUT2D eigenvalue weighted by Gasteiger charge is -2.09. The number of rotatable bonds is 5. The Morgan fingerprint density at radius 1 is 1.17 bits per heavy atom. The van der Waals surface area contributed by atoms with Crippen LogP contribution in [0.1, 0.15) is 25.8 Å². The number of ether oxygens (including phenoxy) is 1. The van der Waals surface area contributed by atoms with Gasteiger partial charge in [-0.05, 0) is 26.0 Å². The van der Waals surface area contributed by atoms with Crippen molar-refractivity contribution >= 4 is 33.5 Å². The zero-order valence-corrected chi connectivity index (χ0v) is 11.7. The van der Waals surface area contributed by atoms with Crippen molar-refractivity contribution in [3.05, 3.63) is 28.2 Å². The van der Waals surface area contributed by atoms with Crippen LogP contribution in [0.4, 0.5) is 0 Å². The van der Waals surface area contributed by atoms with Crippen LogP contribution < -0.4 is 4.74 Å². The molecule has 0 bridgehead atoms.